The first kappa shape index (κ1) is 25.6. The van der Waals surface area contributed by atoms with Crippen LogP contribution >= 0.6 is 11.3 Å². The maximum atomic E-state index is 14.0. The van der Waals surface area contributed by atoms with Crippen LogP contribution in [0.2, 0.25) is 0 Å². The number of imide groups is 1. The molecule has 3 aliphatic rings. The molecule has 6 rings (SSSR count). The number of nitriles is 1. The molecule has 1 N–H and O–H groups in total. The van der Waals surface area contributed by atoms with E-state index in [-0.39, 0.29) is 53.3 Å². The van der Waals surface area contributed by atoms with Gasteiger partial charge in [-0.15, -0.1) is 11.3 Å². The van der Waals surface area contributed by atoms with E-state index >= 15 is 0 Å². The average molecular weight is 543 g/mol. The zero-order valence-corrected chi connectivity index (χ0v) is 23.3. The van der Waals surface area contributed by atoms with E-state index in [1.807, 2.05) is 37.8 Å². The van der Waals surface area contributed by atoms with Crippen LogP contribution in [0.3, 0.4) is 0 Å². The number of carbonyl (C=O) groups excluding carboxylic acids is 3. The second kappa shape index (κ2) is 9.21. The molecule has 1 aliphatic carbocycles. The normalized spacial score (nSPS) is 24.0. The molecule has 1 saturated carbocycles. The molecule has 10 heteroatoms. The van der Waals surface area contributed by atoms with Crippen molar-refractivity contribution >= 4 is 39.3 Å². The minimum atomic E-state index is -0.251. The molecule has 5 heterocycles. The van der Waals surface area contributed by atoms with Gasteiger partial charge in [-0.25, -0.2) is 4.98 Å². The second-order valence-electron chi connectivity index (χ2n) is 11.4. The van der Waals surface area contributed by atoms with Gasteiger partial charge in [0.05, 0.1) is 39.9 Å². The third-order valence-corrected chi connectivity index (χ3v) is 9.67. The maximum absolute atomic E-state index is 14.0. The van der Waals surface area contributed by atoms with Gasteiger partial charge in [-0.3, -0.25) is 24.3 Å². The summed E-state index contributed by atoms with van der Waals surface area (Å²) in [4.78, 5) is 53.1. The molecule has 3 fully saturated rings. The monoisotopic (exact) mass is 542 g/mol. The number of piperidine rings is 1. The lowest BCUT2D eigenvalue weighted by molar-refractivity contribution is -0.143. The minimum absolute atomic E-state index is 0.0629. The fourth-order valence-electron chi connectivity index (χ4n) is 6.22. The van der Waals surface area contributed by atoms with Crippen LogP contribution in [0, 0.1) is 35.5 Å². The third-order valence-electron chi connectivity index (χ3n) is 8.53. The molecule has 3 aromatic heterocycles. The van der Waals surface area contributed by atoms with Crippen LogP contribution in [0.4, 0.5) is 0 Å². The summed E-state index contributed by atoms with van der Waals surface area (Å²) >= 11 is 1.44. The zero-order chi connectivity index (χ0) is 27.6. The molecular formula is C29H30N6O3S. The van der Waals surface area contributed by atoms with Gasteiger partial charge in [0, 0.05) is 35.8 Å². The molecule has 0 bridgehead atoms. The number of aryl methyl sites for hydroxylation is 1. The van der Waals surface area contributed by atoms with Gasteiger partial charge in [0.25, 0.3) is 5.91 Å². The Labute approximate surface area is 230 Å². The summed E-state index contributed by atoms with van der Waals surface area (Å²) < 4.78 is 0.804. The van der Waals surface area contributed by atoms with E-state index in [1.165, 1.54) is 16.2 Å². The number of thiophene rings is 1. The predicted octanol–water partition coefficient (Wildman–Crippen LogP) is 3.50. The van der Waals surface area contributed by atoms with Crippen molar-refractivity contribution in [1.82, 2.24) is 25.1 Å². The molecule has 9 nitrogen and oxygen atoms in total. The van der Waals surface area contributed by atoms with E-state index in [4.69, 9.17) is 0 Å². The van der Waals surface area contributed by atoms with Gasteiger partial charge in [-0.2, -0.15) is 5.26 Å². The van der Waals surface area contributed by atoms with Gasteiger partial charge in [0.2, 0.25) is 11.8 Å². The lowest BCUT2D eigenvalue weighted by atomic mass is 9.99. The van der Waals surface area contributed by atoms with Crippen LogP contribution in [-0.4, -0.2) is 63.2 Å². The van der Waals surface area contributed by atoms with Crippen molar-refractivity contribution in [3.8, 4) is 17.3 Å². The highest BCUT2D eigenvalue weighted by Crippen LogP contribution is 2.63. The molecule has 2 aliphatic heterocycles. The van der Waals surface area contributed by atoms with Gasteiger partial charge in [-0.05, 0) is 56.0 Å². The van der Waals surface area contributed by atoms with Crippen LogP contribution < -0.4 is 5.32 Å². The van der Waals surface area contributed by atoms with Crippen LogP contribution in [0.15, 0.2) is 24.4 Å². The zero-order valence-electron chi connectivity index (χ0n) is 22.4. The standard InChI is InChI=1S/C29H30N6O3S/c1-15-11-17(13-30)33-24(21(15)26(36)34-10-9-31-7-5-16(34)2)19-6-8-32-20-12-18(39-25(19)20)14-35-27(37)22-23(28(35)38)29(22,3)4/h6,8,11-12,16,22-23,31H,5,7,9-10,14H2,1-4H3/t16-,22?,23?/m0/s1. The van der Waals surface area contributed by atoms with E-state index in [2.05, 4.69) is 28.3 Å². The van der Waals surface area contributed by atoms with Crippen molar-refractivity contribution in [1.29, 1.82) is 5.26 Å². The Balaban J connectivity index is 1.41. The number of nitrogens with zero attached hydrogens (tertiary/aromatic N) is 5. The highest BCUT2D eigenvalue weighted by atomic mass is 32.1. The maximum Gasteiger partial charge on any atom is 0.256 e. The smallest absolute Gasteiger partial charge is 0.256 e. The molecule has 0 spiro atoms. The molecule has 2 unspecified atom stereocenters. The Kier molecular flexibility index (Phi) is 6.04. The van der Waals surface area contributed by atoms with Crippen molar-refractivity contribution in [2.45, 2.75) is 46.7 Å². The van der Waals surface area contributed by atoms with E-state index in [0.29, 0.717) is 34.4 Å². The first-order chi connectivity index (χ1) is 18.6. The number of fused-ring (bicyclic) bond motifs is 2. The van der Waals surface area contributed by atoms with Crippen molar-refractivity contribution < 1.29 is 14.4 Å². The van der Waals surface area contributed by atoms with Crippen LogP contribution in [-0.2, 0) is 16.1 Å². The first-order valence-corrected chi connectivity index (χ1v) is 14.1. The number of nitrogens with one attached hydrogen (secondary N) is 1. The SMILES string of the molecule is Cc1cc(C#N)nc(-c2ccnc3cc(CN4C(=O)C5C(C4=O)C5(C)C)sc23)c1C(=O)N1CCNCC[C@@H]1C. The summed E-state index contributed by atoms with van der Waals surface area (Å²) in [6.45, 7) is 10.2. The molecule has 3 aromatic rings. The highest BCUT2D eigenvalue weighted by molar-refractivity contribution is 7.19. The van der Waals surface area contributed by atoms with Crippen LogP contribution in [0.1, 0.15) is 53.7 Å². The fourth-order valence-corrected chi connectivity index (χ4v) is 7.34. The molecule has 0 aromatic carbocycles. The van der Waals surface area contributed by atoms with Gasteiger partial charge in [0.15, 0.2) is 0 Å². The lowest BCUT2D eigenvalue weighted by Gasteiger charge is -2.28. The summed E-state index contributed by atoms with van der Waals surface area (Å²) in [6, 6.07) is 7.56. The summed E-state index contributed by atoms with van der Waals surface area (Å²) in [6.07, 6.45) is 2.52. The average Bonchev–Trinajstić information content (AvgIpc) is 3.20. The third kappa shape index (κ3) is 4.03. The molecule has 0 radical (unpaired) electrons. The summed E-state index contributed by atoms with van der Waals surface area (Å²) in [5.41, 5.74) is 3.03. The number of rotatable bonds is 4. The Hall–Kier alpha value is -3.68. The van der Waals surface area contributed by atoms with E-state index in [9.17, 15) is 19.6 Å². The predicted molar refractivity (Wildman–Crippen MR) is 147 cm³/mol. The Morgan fingerprint density at radius 1 is 1.23 bits per heavy atom. The second-order valence-corrected chi connectivity index (χ2v) is 12.5. The van der Waals surface area contributed by atoms with Crippen LogP contribution in [0.25, 0.3) is 21.5 Å². The van der Waals surface area contributed by atoms with E-state index < -0.39 is 0 Å². The quantitative estimate of drug-likeness (QED) is 0.501. The van der Waals surface area contributed by atoms with Gasteiger partial charge in [0.1, 0.15) is 11.8 Å². The van der Waals surface area contributed by atoms with Crippen molar-refractivity contribution in [3.05, 3.63) is 46.1 Å². The largest absolute Gasteiger partial charge is 0.335 e. The summed E-state index contributed by atoms with van der Waals surface area (Å²) in [5.74, 6) is -0.757. The summed E-state index contributed by atoms with van der Waals surface area (Å²) in [7, 11) is 0. The minimum Gasteiger partial charge on any atom is -0.335 e. The molecule has 39 heavy (non-hydrogen) atoms. The number of hydrogen-bond acceptors (Lipinski definition) is 8. The lowest BCUT2D eigenvalue weighted by Crippen LogP contribution is -2.40. The van der Waals surface area contributed by atoms with Crippen LogP contribution in [0.5, 0.6) is 0 Å². The van der Waals surface area contributed by atoms with E-state index in [1.54, 1.807) is 12.3 Å². The molecule has 3 atom stereocenters. The number of pyridine rings is 2. The molecule has 3 amide bonds. The number of amides is 3. The number of carbonyl (C=O) groups is 3. The van der Waals surface area contributed by atoms with Gasteiger partial charge in [-0.1, -0.05) is 13.8 Å². The van der Waals surface area contributed by atoms with Crippen molar-refractivity contribution in [2.75, 3.05) is 19.6 Å². The summed E-state index contributed by atoms with van der Waals surface area (Å²) in [5, 5.41) is 13.0. The van der Waals surface area contributed by atoms with Crippen molar-refractivity contribution in [2.24, 2.45) is 17.3 Å². The van der Waals surface area contributed by atoms with Gasteiger partial charge >= 0.3 is 0 Å². The van der Waals surface area contributed by atoms with Gasteiger partial charge < -0.3 is 10.2 Å². The fraction of sp³-hybridized carbons (Fsp3) is 0.448. The Morgan fingerprint density at radius 2 is 1.97 bits per heavy atom. The first-order valence-electron chi connectivity index (χ1n) is 13.3. The molecular weight excluding hydrogens is 512 g/mol. The number of aromatic nitrogens is 2. The topological polar surface area (TPSA) is 119 Å². The number of hydrogen-bond donors (Lipinski definition) is 1. The molecule has 2 saturated heterocycles. The Morgan fingerprint density at radius 3 is 2.69 bits per heavy atom. The molecule has 200 valence electrons. The van der Waals surface area contributed by atoms with Crippen molar-refractivity contribution in [3.63, 3.8) is 0 Å². The highest BCUT2D eigenvalue weighted by Gasteiger charge is 2.72. The van der Waals surface area contributed by atoms with E-state index in [0.717, 1.165) is 29.1 Å². The number of likely N-dealkylation sites (tertiary alicyclic amines) is 1. The Bertz CT molecular complexity index is 1560.